The number of hydrogen-bond donors (Lipinski definition) is 1. The van der Waals surface area contributed by atoms with Gasteiger partial charge in [0.2, 0.25) is 0 Å². The number of aliphatic carboxylic acids is 1. The summed E-state index contributed by atoms with van der Waals surface area (Å²) >= 11 is 0. The van der Waals surface area contributed by atoms with E-state index in [1.165, 1.54) is 18.4 Å². The van der Waals surface area contributed by atoms with Gasteiger partial charge in [0.1, 0.15) is 0 Å². The Morgan fingerprint density at radius 1 is 1.11 bits per heavy atom. The predicted octanol–water partition coefficient (Wildman–Crippen LogP) is 4.48. The Hall–Kier alpha value is -2.83. The summed E-state index contributed by atoms with van der Waals surface area (Å²) < 4.78 is 0. The minimum atomic E-state index is -0.832. The number of likely N-dealkylation sites (N-methyl/N-ethyl adjacent to an activating group) is 1. The third-order valence-electron chi connectivity index (χ3n) is 4.21. The van der Waals surface area contributed by atoms with Crippen LogP contribution in [-0.4, -0.2) is 36.1 Å². The van der Waals surface area contributed by atoms with Crippen LogP contribution >= 0.6 is 0 Å². The molecule has 2 rings (SSSR count). The van der Waals surface area contributed by atoms with Gasteiger partial charge in [-0.05, 0) is 43.1 Å². The molecule has 0 spiro atoms. The van der Waals surface area contributed by atoms with Crippen LogP contribution in [0.1, 0.15) is 36.5 Å². The maximum Gasteiger partial charge on any atom is 0.317 e. The quantitative estimate of drug-likeness (QED) is 0.705. The molecule has 0 unspecified atom stereocenters. The van der Waals surface area contributed by atoms with Gasteiger partial charge >= 0.3 is 5.97 Å². The van der Waals surface area contributed by atoms with Crippen molar-refractivity contribution in [2.45, 2.75) is 26.2 Å². The molecule has 140 valence electrons. The maximum absolute atomic E-state index is 10.8. The van der Waals surface area contributed by atoms with E-state index in [9.17, 15) is 4.79 Å². The molecule has 3 heteroatoms. The van der Waals surface area contributed by atoms with Gasteiger partial charge in [-0.25, -0.2) is 0 Å². The van der Waals surface area contributed by atoms with Crippen molar-refractivity contribution in [3.63, 3.8) is 0 Å². The summed E-state index contributed by atoms with van der Waals surface area (Å²) in [6.07, 6.45) is 5.50. The Morgan fingerprint density at radius 3 is 2.44 bits per heavy atom. The van der Waals surface area contributed by atoms with Crippen molar-refractivity contribution >= 4 is 11.5 Å². The summed E-state index contributed by atoms with van der Waals surface area (Å²) in [6, 6.07) is 18.4. The number of aryl methyl sites for hydroxylation is 1. The number of nitrogens with zero attached hydrogens (tertiary/aromatic N) is 1. The van der Waals surface area contributed by atoms with Gasteiger partial charge in [-0.1, -0.05) is 73.7 Å². The summed E-state index contributed by atoms with van der Waals surface area (Å²) in [7, 11) is 1.79. The van der Waals surface area contributed by atoms with Crippen molar-refractivity contribution < 1.29 is 9.90 Å². The summed E-state index contributed by atoms with van der Waals surface area (Å²) in [5.74, 6) is 5.67. The molecule has 2 aromatic rings. The highest BCUT2D eigenvalue weighted by Crippen LogP contribution is 2.14. The van der Waals surface area contributed by atoms with Crippen LogP contribution in [0.25, 0.3) is 5.57 Å². The summed E-state index contributed by atoms with van der Waals surface area (Å²) in [4.78, 5) is 12.6. The van der Waals surface area contributed by atoms with Crippen LogP contribution in [0.15, 0.2) is 60.7 Å². The number of carboxylic acid groups (broad SMARTS) is 1. The van der Waals surface area contributed by atoms with Crippen molar-refractivity contribution in [1.29, 1.82) is 0 Å². The molecule has 0 aliphatic heterocycles. The highest BCUT2D eigenvalue weighted by atomic mass is 16.4. The highest BCUT2D eigenvalue weighted by molar-refractivity contribution is 5.79. The van der Waals surface area contributed by atoms with Gasteiger partial charge in [0, 0.05) is 17.7 Å². The maximum atomic E-state index is 10.8. The number of rotatable bonds is 8. The normalized spacial score (nSPS) is 11.1. The van der Waals surface area contributed by atoms with Crippen LogP contribution in [0.2, 0.25) is 0 Å². The molecule has 0 aromatic heterocycles. The molecule has 0 amide bonds. The lowest BCUT2D eigenvalue weighted by Crippen LogP contribution is -2.25. The van der Waals surface area contributed by atoms with E-state index < -0.39 is 5.97 Å². The molecule has 0 saturated carbocycles. The molecule has 27 heavy (non-hydrogen) atoms. The van der Waals surface area contributed by atoms with Crippen LogP contribution in [0.5, 0.6) is 0 Å². The standard InChI is InChI=1S/C24H27NO2/c1-3-4-8-20-11-13-21(14-12-20)15-16-23(22-9-6-5-7-10-22)17-18-25(2)19-24(26)27/h5-7,9-14,17H,3-4,8,18-19H2,1-2H3,(H,26,27)/b23-17-. The SMILES string of the molecule is CCCCc1ccc(C#C/C(=C/CN(C)CC(=O)O)c2ccccc2)cc1. The molecule has 0 radical (unpaired) electrons. The third kappa shape index (κ3) is 7.52. The second-order valence-corrected chi connectivity index (χ2v) is 6.62. The minimum absolute atomic E-state index is 0.00518. The largest absolute Gasteiger partial charge is 0.480 e. The van der Waals surface area contributed by atoms with Crippen LogP contribution < -0.4 is 0 Å². The Balaban J connectivity index is 2.17. The topological polar surface area (TPSA) is 40.5 Å². The average Bonchev–Trinajstić information content (AvgIpc) is 2.67. The van der Waals surface area contributed by atoms with Gasteiger partial charge in [-0.15, -0.1) is 0 Å². The number of carboxylic acids is 1. The molecule has 0 aliphatic rings. The van der Waals surface area contributed by atoms with Gasteiger partial charge in [0.05, 0.1) is 6.54 Å². The fraction of sp³-hybridized carbons (Fsp3) is 0.292. The fourth-order valence-electron chi connectivity index (χ4n) is 2.68. The zero-order valence-corrected chi connectivity index (χ0v) is 16.1. The van der Waals surface area contributed by atoms with Crippen molar-refractivity contribution in [1.82, 2.24) is 4.90 Å². The first kappa shape index (κ1) is 20.5. The number of allylic oxidation sites excluding steroid dienone is 1. The van der Waals surface area contributed by atoms with E-state index in [0.29, 0.717) is 6.54 Å². The van der Waals surface area contributed by atoms with Crippen molar-refractivity contribution in [2.75, 3.05) is 20.1 Å². The first-order chi connectivity index (χ1) is 13.1. The first-order valence-corrected chi connectivity index (χ1v) is 9.35. The summed E-state index contributed by atoms with van der Waals surface area (Å²) in [6.45, 7) is 2.73. The van der Waals surface area contributed by atoms with E-state index in [1.807, 2.05) is 36.4 Å². The van der Waals surface area contributed by atoms with Crippen LogP contribution in [0.3, 0.4) is 0 Å². The van der Waals surface area contributed by atoms with E-state index >= 15 is 0 Å². The van der Waals surface area contributed by atoms with E-state index in [0.717, 1.165) is 23.1 Å². The smallest absolute Gasteiger partial charge is 0.317 e. The van der Waals surface area contributed by atoms with Crippen molar-refractivity contribution in [3.05, 3.63) is 77.4 Å². The van der Waals surface area contributed by atoms with Crippen LogP contribution in [0, 0.1) is 11.8 Å². The average molecular weight is 361 g/mol. The Kier molecular flexibility index (Phi) is 8.35. The third-order valence-corrected chi connectivity index (χ3v) is 4.21. The molecule has 3 nitrogen and oxygen atoms in total. The van der Waals surface area contributed by atoms with Crippen molar-refractivity contribution in [2.24, 2.45) is 0 Å². The van der Waals surface area contributed by atoms with Gasteiger partial charge in [0.25, 0.3) is 0 Å². The molecular formula is C24H27NO2. The monoisotopic (exact) mass is 361 g/mol. The second kappa shape index (κ2) is 11.0. The van der Waals surface area contributed by atoms with Gasteiger partial charge < -0.3 is 5.11 Å². The zero-order valence-electron chi connectivity index (χ0n) is 16.1. The predicted molar refractivity (Wildman–Crippen MR) is 111 cm³/mol. The molecule has 0 heterocycles. The number of hydrogen-bond acceptors (Lipinski definition) is 2. The van der Waals surface area contributed by atoms with Gasteiger partial charge in [0.15, 0.2) is 0 Å². The fourth-order valence-corrected chi connectivity index (χ4v) is 2.68. The highest BCUT2D eigenvalue weighted by Gasteiger charge is 2.04. The zero-order chi connectivity index (χ0) is 19.5. The first-order valence-electron chi connectivity index (χ1n) is 9.35. The molecule has 0 atom stereocenters. The molecule has 0 bridgehead atoms. The lowest BCUT2D eigenvalue weighted by Gasteiger charge is -2.11. The number of unbranched alkanes of at least 4 members (excludes halogenated alkanes) is 1. The van der Waals surface area contributed by atoms with Gasteiger partial charge in [-0.2, -0.15) is 0 Å². The number of carbonyl (C=O) groups is 1. The summed E-state index contributed by atoms with van der Waals surface area (Å²) in [5.41, 5.74) is 4.27. The molecule has 0 fully saturated rings. The lowest BCUT2D eigenvalue weighted by atomic mass is 10.0. The molecule has 1 N–H and O–H groups in total. The van der Waals surface area contributed by atoms with Gasteiger partial charge in [-0.3, -0.25) is 9.69 Å². The van der Waals surface area contributed by atoms with Crippen LogP contribution in [0.4, 0.5) is 0 Å². The molecule has 0 aliphatic carbocycles. The molecular weight excluding hydrogens is 334 g/mol. The molecule has 2 aromatic carbocycles. The minimum Gasteiger partial charge on any atom is -0.480 e. The Bertz CT molecular complexity index is 811. The van der Waals surface area contributed by atoms with E-state index in [2.05, 4.69) is 43.0 Å². The molecule has 0 saturated heterocycles. The Morgan fingerprint density at radius 2 is 1.81 bits per heavy atom. The van der Waals surface area contributed by atoms with E-state index in [1.54, 1.807) is 11.9 Å². The lowest BCUT2D eigenvalue weighted by molar-refractivity contribution is -0.137. The van der Waals surface area contributed by atoms with Crippen LogP contribution in [-0.2, 0) is 11.2 Å². The van der Waals surface area contributed by atoms with E-state index in [-0.39, 0.29) is 6.54 Å². The number of benzene rings is 2. The Labute approximate surface area is 162 Å². The van der Waals surface area contributed by atoms with E-state index in [4.69, 9.17) is 5.11 Å². The summed E-state index contributed by atoms with van der Waals surface area (Å²) in [5, 5.41) is 8.90. The van der Waals surface area contributed by atoms with Crippen molar-refractivity contribution in [3.8, 4) is 11.8 Å². The second-order valence-electron chi connectivity index (χ2n) is 6.62.